The number of anilines is 1. The number of hydrogen-bond acceptors (Lipinski definition) is 5. The molecule has 3 fully saturated rings. The van der Waals surface area contributed by atoms with Gasteiger partial charge >= 0.3 is 12.1 Å². The Bertz CT molecular complexity index is 764. The van der Waals surface area contributed by atoms with Gasteiger partial charge in [0.2, 0.25) is 0 Å². The van der Waals surface area contributed by atoms with E-state index >= 15 is 0 Å². The minimum Gasteiger partial charge on any atom is -0.497 e. The highest BCUT2D eigenvalue weighted by Crippen LogP contribution is 2.30. The number of hydrogen-bond donors (Lipinski definition) is 0. The Morgan fingerprint density at radius 2 is 1.89 bits per heavy atom. The number of morpholine rings is 1. The molecule has 0 radical (unpaired) electrons. The number of benzene rings is 1. The number of nitrogens with zero attached hydrogens (tertiary/aromatic N) is 4. The van der Waals surface area contributed by atoms with Crippen molar-refractivity contribution in [3.05, 3.63) is 24.3 Å². The van der Waals surface area contributed by atoms with Crippen molar-refractivity contribution in [3.63, 3.8) is 0 Å². The Labute approximate surface area is 157 Å². The van der Waals surface area contributed by atoms with Gasteiger partial charge in [0.15, 0.2) is 0 Å². The Morgan fingerprint density at radius 3 is 2.63 bits per heavy atom. The predicted octanol–water partition coefficient (Wildman–Crippen LogP) is 0.600. The van der Waals surface area contributed by atoms with Crippen molar-refractivity contribution in [1.29, 1.82) is 0 Å². The van der Waals surface area contributed by atoms with Gasteiger partial charge in [-0.25, -0.2) is 14.5 Å². The summed E-state index contributed by atoms with van der Waals surface area (Å²) in [6.45, 7) is 3.11. The van der Waals surface area contributed by atoms with Gasteiger partial charge in [0.1, 0.15) is 11.8 Å². The molecule has 3 heterocycles. The first kappa shape index (κ1) is 17.6. The molecule has 0 aliphatic carbocycles. The van der Waals surface area contributed by atoms with Crippen molar-refractivity contribution in [2.45, 2.75) is 6.04 Å². The average Bonchev–Trinajstić information content (AvgIpc) is 2.98. The Balaban J connectivity index is 1.51. The highest BCUT2D eigenvalue weighted by atomic mass is 16.5. The zero-order chi connectivity index (χ0) is 19.0. The van der Waals surface area contributed by atoms with Gasteiger partial charge in [-0.2, -0.15) is 0 Å². The van der Waals surface area contributed by atoms with E-state index in [1.807, 2.05) is 0 Å². The summed E-state index contributed by atoms with van der Waals surface area (Å²) in [7, 11) is 1.53. The predicted molar refractivity (Wildman–Crippen MR) is 95.7 cm³/mol. The third kappa shape index (κ3) is 3.08. The number of ether oxygens (including phenoxy) is 2. The van der Waals surface area contributed by atoms with Crippen LogP contribution < -0.4 is 9.64 Å². The van der Waals surface area contributed by atoms with Crippen LogP contribution in [0.2, 0.25) is 0 Å². The molecule has 3 aliphatic rings. The zero-order valence-electron chi connectivity index (χ0n) is 15.2. The Hall–Kier alpha value is -2.81. The number of rotatable bonds is 2. The summed E-state index contributed by atoms with van der Waals surface area (Å²) in [6, 6.07) is 5.75. The maximum Gasteiger partial charge on any atom is 0.332 e. The molecule has 9 nitrogen and oxygen atoms in total. The topological polar surface area (TPSA) is 82.6 Å². The summed E-state index contributed by atoms with van der Waals surface area (Å²) >= 11 is 0. The van der Waals surface area contributed by atoms with Crippen LogP contribution in [0.3, 0.4) is 0 Å². The van der Waals surface area contributed by atoms with E-state index in [4.69, 9.17) is 9.47 Å². The number of urea groups is 2. The van der Waals surface area contributed by atoms with E-state index in [2.05, 4.69) is 0 Å². The van der Waals surface area contributed by atoms with Gasteiger partial charge in [-0.05, 0) is 12.1 Å². The van der Waals surface area contributed by atoms with Gasteiger partial charge in [-0.1, -0.05) is 6.07 Å². The van der Waals surface area contributed by atoms with Crippen molar-refractivity contribution in [2.24, 2.45) is 0 Å². The molecule has 27 heavy (non-hydrogen) atoms. The highest BCUT2D eigenvalue weighted by molar-refractivity contribution is 6.21. The fraction of sp³-hybridized carbons (Fsp3) is 0.500. The second-order valence-corrected chi connectivity index (χ2v) is 6.69. The molecule has 0 N–H and O–H groups in total. The Kier molecular flexibility index (Phi) is 4.61. The standard InChI is InChI=1S/C18H22N4O5/c1-26-14-4-2-3-13(11-14)22-16(23)15-12-20(5-6-21(15)18(22)25)17(24)19-7-9-27-10-8-19/h2-4,11,15H,5-10,12H2,1H3/t15-/m0/s1. The lowest BCUT2D eigenvalue weighted by atomic mass is 10.2. The van der Waals surface area contributed by atoms with Crippen LogP contribution in [-0.2, 0) is 9.53 Å². The number of methoxy groups -OCH3 is 1. The fourth-order valence-electron chi connectivity index (χ4n) is 3.71. The molecule has 1 atom stereocenters. The van der Waals surface area contributed by atoms with E-state index in [-0.39, 0.29) is 24.5 Å². The normalized spacial score (nSPS) is 22.9. The minimum absolute atomic E-state index is 0.0990. The summed E-state index contributed by atoms with van der Waals surface area (Å²) < 4.78 is 10.5. The molecule has 1 aromatic carbocycles. The monoisotopic (exact) mass is 374 g/mol. The summed E-state index contributed by atoms with van der Waals surface area (Å²) in [6.07, 6.45) is 0. The van der Waals surface area contributed by atoms with Gasteiger partial charge < -0.3 is 24.2 Å². The van der Waals surface area contributed by atoms with E-state index in [0.29, 0.717) is 50.8 Å². The molecule has 3 saturated heterocycles. The van der Waals surface area contributed by atoms with Crippen LogP contribution in [0.4, 0.5) is 15.3 Å². The molecule has 0 aromatic heterocycles. The molecule has 144 valence electrons. The second-order valence-electron chi connectivity index (χ2n) is 6.69. The Morgan fingerprint density at radius 1 is 1.11 bits per heavy atom. The quantitative estimate of drug-likeness (QED) is 0.708. The van der Waals surface area contributed by atoms with Gasteiger partial charge in [0, 0.05) is 32.2 Å². The van der Waals surface area contributed by atoms with E-state index < -0.39 is 6.04 Å². The fourth-order valence-corrected chi connectivity index (χ4v) is 3.71. The van der Waals surface area contributed by atoms with E-state index in [9.17, 15) is 14.4 Å². The van der Waals surface area contributed by atoms with E-state index in [0.717, 1.165) is 0 Å². The molecule has 3 aliphatic heterocycles. The van der Waals surface area contributed by atoms with Crippen LogP contribution in [0, 0.1) is 0 Å². The number of piperazine rings is 1. The summed E-state index contributed by atoms with van der Waals surface area (Å²) in [4.78, 5) is 44.6. The summed E-state index contributed by atoms with van der Waals surface area (Å²) in [5, 5.41) is 0. The zero-order valence-corrected chi connectivity index (χ0v) is 15.2. The molecule has 5 amide bonds. The van der Waals surface area contributed by atoms with Crippen molar-refractivity contribution in [3.8, 4) is 5.75 Å². The van der Waals surface area contributed by atoms with Gasteiger partial charge in [0.25, 0.3) is 5.91 Å². The van der Waals surface area contributed by atoms with Gasteiger partial charge in [0.05, 0.1) is 32.6 Å². The van der Waals surface area contributed by atoms with Crippen LogP contribution in [0.15, 0.2) is 24.3 Å². The number of imide groups is 1. The lowest BCUT2D eigenvalue weighted by Crippen LogP contribution is -2.58. The van der Waals surface area contributed by atoms with Crippen LogP contribution in [0.25, 0.3) is 0 Å². The summed E-state index contributed by atoms with van der Waals surface area (Å²) in [5.41, 5.74) is 0.477. The largest absolute Gasteiger partial charge is 0.497 e. The SMILES string of the molecule is COc1cccc(N2C(=O)[C@@H]3CN(C(=O)N4CCOCC4)CCN3C2=O)c1. The second kappa shape index (κ2) is 7.07. The van der Waals surface area contributed by atoms with E-state index in [1.54, 1.807) is 39.0 Å². The van der Waals surface area contributed by atoms with Crippen molar-refractivity contribution < 1.29 is 23.9 Å². The summed E-state index contributed by atoms with van der Waals surface area (Å²) in [5.74, 6) is 0.259. The molecule has 1 aromatic rings. The maximum atomic E-state index is 12.9. The van der Waals surface area contributed by atoms with Crippen LogP contribution in [-0.4, -0.2) is 91.8 Å². The molecule has 0 unspecified atom stereocenters. The first-order valence-electron chi connectivity index (χ1n) is 9.00. The molecule has 0 spiro atoms. The van der Waals surface area contributed by atoms with Crippen LogP contribution in [0.1, 0.15) is 0 Å². The number of carbonyl (C=O) groups is 3. The molecular formula is C18H22N4O5. The van der Waals surface area contributed by atoms with Crippen molar-refractivity contribution in [2.75, 3.05) is 57.9 Å². The first-order valence-corrected chi connectivity index (χ1v) is 9.00. The lowest BCUT2D eigenvalue weighted by Gasteiger charge is -2.39. The third-order valence-electron chi connectivity index (χ3n) is 5.19. The highest BCUT2D eigenvalue weighted by Gasteiger charge is 2.49. The maximum absolute atomic E-state index is 12.9. The molecule has 9 heteroatoms. The van der Waals surface area contributed by atoms with Gasteiger partial charge in [-0.3, -0.25) is 4.79 Å². The molecule has 0 bridgehead atoms. The molecular weight excluding hydrogens is 352 g/mol. The minimum atomic E-state index is -0.651. The smallest absolute Gasteiger partial charge is 0.332 e. The van der Waals surface area contributed by atoms with Crippen LogP contribution in [0.5, 0.6) is 5.75 Å². The first-order chi connectivity index (χ1) is 13.1. The number of carbonyl (C=O) groups excluding carboxylic acids is 3. The molecule has 0 saturated carbocycles. The van der Waals surface area contributed by atoms with E-state index in [1.165, 1.54) is 12.0 Å². The number of amides is 5. The van der Waals surface area contributed by atoms with Crippen molar-refractivity contribution >= 4 is 23.7 Å². The van der Waals surface area contributed by atoms with Crippen molar-refractivity contribution in [1.82, 2.24) is 14.7 Å². The average molecular weight is 374 g/mol. The molecule has 4 rings (SSSR count). The van der Waals surface area contributed by atoms with Gasteiger partial charge in [-0.15, -0.1) is 0 Å². The lowest BCUT2D eigenvalue weighted by molar-refractivity contribution is -0.120. The third-order valence-corrected chi connectivity index (χ3v) is 5.19. The van der Waals surface area contributed by atoms with Crippen LogP contribution >= 0.6 is 0 Å². The number of fused-ring (bicyclic) bond motifs is 1.